The zero-order chi connectivity index (χ0) is 18.6. The van der Waals surface area contributed by atoms with Gasteiger partial charge in [0.15, 0.2) is 5.82 Å². The first kappa shape index (κ1) is 17.2. The minimum atomic E-state index is 0.0204. The Balaban J connectivity index is 1.59. The highest BCUT2D eigenvalue weighted by atomic mass is 32.1. The molecule has 3 aliphatic rings. The molecule has 1 saturated carbocycles. The van der Waals surface area contributed by atoms with Crippen molar-refractivity contribution in [2.45, 2.75) is 76.5 Å². The highest BCUT2D eigenvalue weighted by molar-refractivity contribution is 7.17. The van der Waals surface area contributed by atoms with Gasteiger partial charge in [-0.25, -0.2) is 0 Å². The van der Waals surface area contributed by atoms with Crippen LogP contribution in [0.2, 0.25) is 0 Å². The standard InChI is InChI=1S/C21H25N3O2S/c1-21(2)11-5-8-14-16(21)15(19-22-17(24-26-19)12-9-10-12)20(27-14)23-18(25)13-6-3-4-7-13/h6,12H,3-5,7-11H2,1-2H3,(H,23,25). The largest absolute Gasteiger partial charge is 0.334 e. The molecule has 2 heterocycles. The molecule has 0 bridgehead atoms. The molecule has 6 heteroatoms. The molecule has 5 nitrogen and oxygen atoms in total. The molecule has 0 aliphatic heterocycles. The van der Waals surface area contributed by atoms with E-state index in [9.17, 15) is 4.79 Å². The van der Waals surface area contributed by atoms with Crippen molar-refractivity contribution in [1.82, 2.24) is 10.1 Å². The lowest BCUT2D eigenvalue weighted by Gasteiger charge is -2.30. The van der Waals surface area contributed by atoms with E-state index in [0.717, 1.165) is 66.9 Å². The van der Waals surface area contributed by atoms with Crippen molar-refractivity contribution in [2.24, 2.45) is 0 Å². The lowest BCUT2D eigenvalue weighted by Crippen LogP contribution is -2.23. The molecular weight excluding hydrogens is 358 g/mol. The number of anilines is 1. The molecule has 0 aromatic carbocycles. The molecule has 1 fully saturated rings. The minimum Gasteiger partial charge on any atom is -0.334 e. The van der Waals surface area contributed by atoms with Crippen LogP contribution in [0, 0.1) is 0 Å². The van der Waals surface area contributed by atoms with E-state index in [-0.39, 0.29) is 11.3 Å². The van der Waals surface area contributed by atoms with E-state index >= 15 is 0 Å². The van der Waals surface area contributed by atoms with Crippen molar-refractivity contribution in [2.75, 3.05) is 5.32 Å². The van der Waals surface area contributed by atoms with Crippen LogP contribution in [0.4, 0.5) is 5.00 Å². The number of thiophene rings is 1. The normalized spacial score (nSPS) is 21.0. The highest BCUT2D eigenvalue weighted by Gasteiger charge is 2.37. The number of hydrogen-bond acceptors (Lipinski definition) is 5. The van der Waals surface area contributed by atoms with Gasteiger partial charge < -0.3 is 9.84 Å². The first-order valence-electron chi connectivity index (χ1n) is 10.0. The zero-order valence-electron chi connectivity index (χ0n) is 15.9. The summed E-state index contributed by atoms with van der Waals surface area (Å²) in [5.41, 5.74) is 3.20. The Bertz CT molecular complexity index is 933. The van der Waals surface area contributed by atoms with E-state index < -0.39 is 0 Å². The molecule has 2 aromatic heterocycles. The van der Waals surface area contributed by atoms with Gasteiger partial charge in [-0.05, 0) is 62.3 Å². The third-order valence-corrected chi connectivity index (χ3v) is 7.19. The van der Waals surface area contributed by atoms with Crippen LogP contribution in [0.15, 0.2) is 16.2 Å². The van der Waals surface area contributed by atoms with Crippen LogP contribution in [0.1, 0.15) is 81.0 Å². The number of carbonyl (C=O) groups is 1. The zero-order valence-corrected chi connectivity index (χ0v) is 16.7. The van der Waals surface area contributed by atoms with Gasteiger partial charge in [0, 0.05) is 16.4 Å². The van der Waals surface area contributed by atoms with Gasteiger partial charge in [0.1, 0.15) is 5.00 Å². The summed E-state index contributed by atoms with van der Waals surface area (Å²) in [7, 11) is 0. The van der Waals surface area contributed by atoms with E-state index in [1.54, 1.807) is 11.3 Å². The first-order valence-corrected chi connectivity index (χ1v) is 10.8. The highest BCUT2D eigenvalue weighted by Crippen LogP contribution is 2.51. The Morgan fingerprint density at radius 2 is 2.15 bits per heavy atom. The van der Waals surface area contributed by atoms with Crippen molar-refractivity contribution >= 4 is 22.2 Å². The van der Waals surface area contributed by atoms with Crippen molar-refractivity contribution in [3.05, 3.63) is 27.9 Å². The van der Waals surface area contributed by atoms with Gasteiger partial charge in [0.25, 0.3) is 11.8 Å². The summed E-state index contributed by atoms with van der Waals surface area (Å²) in [5.74, 6) is 1.85. The molecule has 0 saturated heterocycles. The van der Waals surface area contributed by atoms with E-state index in [1.165, 1.54) is 16.9 Å². The summed E-state index contributed by atoms with van der Waals surface area (Å²) >= 11 is 1.69. The van der Waals surface area contributed by atoms with Gasteiger partial charge >= 0.3 is 0 Å². The van der Waals surface area contributed by atoms with Crippen LogP contribution in [0.5, 0.6) is 0 Å². The van der Waals surface area contributed by atoms with Crippen LogP contribution in [-0.2, 0) is 16.6 Å². The predicted octanol–water partition coefficient (Wildman–Crippen LogP) is 5.34. The van der Waals surface area contributed by atoms with Gasteiger partial charge in [-0.15, -0.1) is 11.3 Å². The molecule has 142 valence electrons. The third-order valence-electron chi connectivity index (χ3n) is 6.02. The Hall–Kier alpha value is -1.95. The van der Waals surface area contributed by atoms with E-state index in [0.29, 0.717) is 11.8 Å². The molecule has 0 unspecified atom stereocenters. The Morgan fingerprint density at radius 1 is 1.30 bits per heavy atom. The fourth-order valence-corrected chi connectivity index (χ4v) is 5.79. The van der Waals surface area contributed by atoms with Crippen molar-refractivity contribution < 1.29 is 9.32 Å². The van der Waals surface area contributed by atoms with Crippen LogP contribution < -0.4 is 5.32 Å². The monoisotopic (exact) mass is 383 g/mol. The topological polar surface area (TPSA) is 68.0 Å². The van der Waals surface area contributed by atoms with Gasteiger partial charge in [-0.2, -0.15) is 4.98 Å². The van der Waals surface area contributed by atoms with Gasteiger partial charge in [-0.3, -0.25) is 4.79 Å². The van der Waals surface area contributed by atoms with Crippen molar-refractivity contribution in [1.29, 1.82) is 0 Å². The predicted molar refractivity (Wildman–Crippen MR) is 106 cm³/mol. The maximum absolute atomic E-state index is 12.8. The number of nitrogens with one attached hydrogen (secondary N) is 1. The molecule has 2 aromatic rings. The average Bonchev–Trinajstić information content (AvgIpc) is 3.04. The lowest BCUT2D eigenvalue weighted by molar-refractivity contribution is -0.112. The number of rotatable bonds is 4. The van der Waals surface area contributed by atoms with Crippen LogP contribution in [0.25, 0.3) is 11.5 Å². The summed E-state index contributed by atoms with van der Waals surface area (Å²) in [5, 5.41) is 8.28. The summed E-state index contributed by atoms with van der Waals surface area (Å²) in [6.07, 6.45) is 10.6. The number of allylic oxidation sites excluding steroid dienone is 1. The second-order valence-corrected chi connectivity index (χ2v) is 9.75. The number of fused-ring (bicyclic) bond motifs is 1. The fraction of sp³-hybridized carbons (Fsp3) is 0.571. The maximum atomic E-state index is 12.8. The lowest BCUT2D eigenvalue weighted by atomic mass is 9.74. The number of amides is 1. The molecule has 0 radical (unpaired) electrons. The third kappa shape index (κ3) is 3.04. The minimum absolute atomic E-state index is 0.0204. The van der Waals surface area contributed by atoms with E-state index in [1.807, 2.05) is 0 Å². The first-order chi connectivity index (χ1) is 13.0. The van der Waals surface area contributed by atoms with Crippen molar-refractivity contribution in [3.63, 3.8) is 0 Å². The van der Waals surface area contributed by atoms with Gasteiger partial charge in [0.05, 0.1) is 5.56 Å². The van der Waals surface area contributed by atoms with E-state index in [4.69, 9.17) is 9.51 Å². The molecule has 1 N–H and O–H groups in total. The number of carbonyl (C=O) groups excluding carboxylic acids is 1. The summed E-state index contributed by atoms with van der Waals surface area (Å²) in [6, 6.07) is 0. The Labute approximate surface area is 163 Å². The second-order valence-electron chi connectivity index (χ2n) is 8.65. The van der Waals surface area contributed by atoms with Gasteiger partial charge in [-0.1, -0.05) is 25.1 Å². The maximum Gasteiger partial charge on any atom is 0.261 e. The molecule has 0 atom stereocenters. The summed E-state index contributed by atoms with van der Waals surface area (Å²) in [4.78, 5) is 18.8. The van der Waals surface area contributed by atoms with E-state index in [2.05, 4.69) is 30.4 Å². The molecule has 27 heavy (non-hydrogen) atoms. The number of aryl methyl sites for hydroxylation is 1. The van der Waals surface area contributed by atoms with Gasteiger partial charge in [0.2, 0.25) is 0 Å². The summed E-state index contributed by atoms with van der Waals surface area (Å²) < 4.78 is 5.70. The molecule has 3 aliphatic carbocycles. The smallest absolute Gasteiger partial charge is 0.261 e. The average molecular weight is 384 g/mol. The number of hydrogen-bond donors (Lipinski definition) is 1. The Morgan fingerprint density at radius 3 is 2.89 bits per heavy atom. The number of nitrogens with zero attached hydrogens (tertiary/aromatic N) is 2. The fourth-order valence-electron chi connectivity index (χ4n) is 4.38. The van der Waals surface area contributed by atoms with Crippen molar-refractivity contribution in [3.8, 4) is 11.5 Å². The molecule has 5 rings (SSSR count). The molecule has 0 spiro atoms. The van der Waals surface area contributed by atoms with Crippen LogP contribution >= 0.6 is 11.3 Å². The summed E-state index contributed by atoms with van der Waals surface area (Å²) in [6.45, 7) is 4.56. The quantitative estimate of drug-likeness (QED) is 0.774. The SMILES string of the molecule is CC1(C)CCCc2sc(NC(=O)C3=CCCC3)c(-c3nc(C4CC4)no3)c21. The van der Waals surface area contributed by atoms with Crippen LogP contribution in [-0.4, -0.2) is 16.0 Å². The Kier molecular flexibility index (Phi) is 4.00. The molecular formula is C21H25N3O2S. The second kappa shape index (κ2) is 6.30. The number of aromatic nitrogens is 2. The molecule has 1 amide bonds. The van der Waals surface area contributed by atoms with Crippen LogP contribution in [0.3, 0.4) is 0 Å².